The lowest BCUT2D eigenvalue weighted by atomic mass is 9.44. The Balaban J connectivity index is 0.775. The molecule has 4 nitrogen and oxygen atoms in total. The second-order valence-electron chi connectivity index (χ2n) is 32.7. The molecule has 6 heterocycles. The van der Waals surface area contributed by atoms with Gasteiger partial charge in [0.05, 0.1) is 0 Å². The van der Waals surface area contributed by atoms with E-state index in [1.54, 1.807) is 0 Å². The lowest BCUT2D eigenvalue weighted by molar-refractivity contribution is 0.519. The fourth-order valence-electron chi connectivity index (χ4n) is 18.1. The molecule has 0 radical (unpaired) electrons. The van der Waals surface area contributed by atoms with Crippen LogP contribution < -0.4 is 31.7 Å². The molecule has 98 heavy (non-hydrogen) atoms. The number of rotatable bonds is 5. The maximum Gasteiger partial charge on any atom is 0.333 e. The highest BCUT2D eigenvalue weighted by Crippen LogP contribution is 2.52. The van der Waals surface area contributed by atoms with Crippen LogP contribution in [-0.4, -0.2) is 22.7 Å². The molecule has 14 aromatic carbocycles. The van der Waals surface area contributed by atoms with Crippen LogP contribution in [-0.2, 0) is 28.1 Å². The molecule has 0 spiro atoms. The van der Waals surface area contributed by atoms with Gasteiger partial charge in [0.25, 0.3) is 0 Å². The number of fused-ring (bicyclic) bond motifs is 17. The summed E-state index contributed by atoms with van der Waals surface area (Å²) in [4.78, 5) is 5.30. The van der Waals surface area contributed by atoms with Crippen molar-refractivity contribution in [3.05, 3.63) is 277 Å². The van der Waals surface area contributed by atoms with Crippen LogP contribution in [0.4, 0.5) is 34.1 Å². The van der Waals surface area contributed by atoms with Gasteiger partial charge in [-0.05, 0) is 234 Å². The Labute approximate surface area is 574 Å². The zero-order chi connectivity index (χ0) is 66.4. The van der Waals surface area contributed by atoms with Crippen LogP contribution in [0.3, 0.4) is 0 Å². The van der Waals surface area contributed by atoms with E-state index in [1.807, 2.05) is 0 Å². The molecule has 0 N–H and O–H groups in total. The van der Waals surface area contributed by atoms with Crippen molar-refractivity contribution in [1.82, 2.24) is 8.96 Å². The van der Waals surface area contributed by atoms with Gasteiger partial charge in [0.1, 0.15) is 0 Å². The molecule has 6 heteroatoms. The summed E-state index contributed by atoms with van der Waals surface area (Å²) in [6, 6.07) is 94.9. The first kappa shape index (κ1) is 57.7. The highest BCUT2D eigenvalue weighted by Gasteiger charge is 2.46. The molecule has 0 bridgehead atoms. The van der Waals surface area contributed by atoms with Gasteiger partial charge in [0.2, 0.25) is 0 Å². The van der Waals surface area contributed by atoms with Gasteiger partial charge in [0.15, 0.2) is 0 Å². The zero-order valence-electron chi connectivity index (χ0n) is 57.8. The third-order valence-corrected chi connectivity index (χ3v) is 23.1. The SMILES string of the molecule is CC(C)(C)c1cc(N2c3cc4cc5ccccc5cc4cc3B3c4c(cccc42)-c2ccc(CC(C)(C)c4cc(N5c6cc7cc8ccccc8cc7cc6B6c7c5cc5ccccc5c7-c5cccc7c8ccccc8n6c57)cc(C(C)(C)C)c4)c4ccn3c24)cc(C(C)(C)C)c1. The van der Waals surface area contributed by atoms with Crippen molar-refractivity contribution in [3.63, 3.8) is 0 Å². The van der Waals surface area contributed by atoms with Gasteiger partial charge in [0, 0.05) is 78.0 Å². The van der Waals surface area contributed by atoms with E-state index < -0.39 is 0 Å². The van der Waals surface area contributed by atoms with E-state index in [0.717, 1.165) is 6.42 Å². The lowest BCUT2D eigenvalue weighted by Crippen LogP contribution is -2.56. The summed E-state index contributed by atoms with van der Waals surface area (Å²) in [5.41, 5.74) is 28.0. The topological polar surface area (TPSA) is 16.3 Å². The van der Waals surface area contributed by atoms with E-state index in [9.17, 15) is 0 Å². The van der Waals surface area contributed by atoms with Gasteiger partial charge in [-0.3, -0.25) is 0 Å². The zero-order valence-corrected chi connectivity index (χ0v) is 57.8. The summed E-state index contributed by atoms with van der Waals surface area (Å²) in [7, 11) is 0. The Hall–Kier alpha value is -10.6. The summed E-state index contributed by atoms with van der Waals surface area (Å²) in [5, 5.41) is 16.5. The summed E-state index contributed by atoms with van der Waals surface area (Å²) >= 11 is 0. The monoisotopic (exact) mass is 1260 g/mol. The first-order valence-electron chi connectivity index (χ1n) is 35.4. The summed E-state index contributed by atoms with van der Waals surface area (Å²) < 4.78 is 5.36. The Kier molecular flexibility index (Phi) is 11.7. The fraction of sp³-hybridized carbons (Fsp3) is 0.174. The molecule has 470 valence electrons. The quantitative estimate of drug-likeness (QED) is 0.126. The van der Waals surface area contributed by atoms with E-state index in [1.165, 1.54) is 193 Å². The standard InChI is InChI=1S/C92H76B2N4/c1-89(2,3)64-47-65(90(4,5)6)50-68(49-64)96-80-33-21-29-73-75-35-34-59(71-36-37-95(87(71)75)93(85(73)80)77-42-60-38-54-22-12-14-24-56(54)40-62(60)45-81(77)96)53-92(10,11)67-48-66(91(7,8)9)51-69(52-67)97-82-46-63-41-57-25-15-13-23-55(57)39-61(63)43-78(82)94-86-83(97)44-58-26-16-17-27-70(58)84(86)76-31-20-30-74-72-28-18-19-32-79(72)98(94)88(74)76/h12-52H,53H2,1-11H3. The molecule has 0 atom stereocenters. The molecule has 4 aliphatic heterocycles. The predicted molar refractivity (Wildman–Crippen MR) is 423 cm³/mol. The van der Waals surface area contributed by atoms with Crippen LogP contribution in [0, 0.1) is 0 Å². The van der Waals surface area contributed by atoms with E-state index in [2.05, 4.69) is 344 Å². The van der Waals surface area contributed by atoms with Crippen LogP contribution in [0.2, 0.25) is 0 Å². The Bertz CT molecular complexity index is 6200. The maximum atomic E-state index is 2.71. The van der Waals surface area contributed by atoms with Crippen molar-refractivity contribution in [2.45, 2.75) is 104 Å². The minimum absolute atomic E-state index is 0.0463. The minimum Gasteiger partial charge on any atom is -0.382 e. The number of benzene rings is 14. The molecule has 0 amide bonds. The fourth-order valence-corrected chi connectivity index (χ4v) is 18.1. The normalized spacial score (nSPS) is 14.0. The molecular formula is C92H76B2N4. The summed E-state index contributed by atoms with van der Waals surface area (Å²) in [6.45, 7) is 26.2. The second kappa shape index (κ2) is 19.8. The van der Waals surface area contributed by atoms with Crippen LogP contribution >= 0.6 is 0 Å². The molecule has 0 aliphatic carbocycles. The first-order valence-corrected chi connectivity index (χ1v) is 35.4. The van der Waals surface area contributed by atoms with E-state index >= 15 is 0 Å². The van der Waals surface area contributed by atoms with Crippen LogP contribution in [0.15, 0.2) is 249 Å². The number of hydrogen-bond donors (Lipinski definition) is 0. The van der Waals surface area contributed by atoms with Crippen molar-refractivity contribution in [2.24, 2.45) is 0 Å². The summed E-state index contributed by atoms with van der Waals surface area (Å²) in [6.07, 6.45) is 3.27. The van der Waals surface area contributed by atoms with E-state index in [-0.39, 0.29) is 35.4 Å². The van der Waals surface area contributed by atoms with E-state index in [0.29, 0.717) is 0 Å². The number of hydrogen-bond acceptors (Lipinski definition) is 2. The number of para-hydroxylation sites is 2. The molecular weight excluding hydrogens is 1180 g/mol. The Morgan fingerprint density at radius 2 is 0.806 bits per heavy atom. The average molecular weight is 1260 g/mol. The molecule has 0 unspecified atom stereocenters. The molecule has 0 fully saturated rings. The van der Waals surface area contributed by atoms with Crippen molar-refractivity contribution < 1.29 is 0 Å². The second-order valence-corrected chi connectivity index (χ2v) is 32.7. The van der Waals surface area contributed by atoms with Gasteiger partial charge in [-0.2, -0.15) is 0 Å². The maximum absolute atomic E-state index is 2.71. The summed E-state index contributed by atoms with van der Waals surface area (Å²) in [5.74, 6) is 0. The molecule has 16 aromatic rings. The molecule has 0 saturated heterocycles. The minimum atomic E-state index is -0.310. The van der Waals surface area contributed by atoms with E-state index in [4.69, 9.17) is 0 Å². The first-order chi connectivity index (χ1) is 47.2. The largest absolute Gasteiger partial charge is 0.382 e. The molecule has 4 aliphatic rings. The molecule has 0 saturated carbocycles. The number of nitrogens with zero attached hydrogens (tertiary/aromatic N) is 4. The highest BCUT2D eigenvalue weighted by atomic mass is 15.2. The van der Waals surface area contributed by atoms with Crippen molar-refractivity contribution in [2.75, 3.05) is 9.80 Å². The van der Waals surface area contributed by atoms with Crippen LogP contribution in [0.25, 0.3) is 109 Å². The van der Waals surface area contributed by atoms with Gasteiger partial charge < -0.3 is 18.8 Å². The highest BCUT2D eigenvalue weighted by molar-refractivity contribution is 6.91. The number of aromatic nitrogens is 2. The van der Waals surface area contributed by atoms with Gasteiger partial charge in [-0.1, -0.05) is 234 Å². The van der Waals surface area contributed by atoms with Crippen molar-refractivity contribution in [1.29, 1.82) is 0 Å². The predicted octanol–water partition coefficient (Wildman–Crippen LogP) is 21.8. The molecule has 2 aromatic heterocycles. The lowest BCUT2D eigenvalue weighted by Gasteiger charge is -2.42. The van der Waals surface area contributed by atoms with Crippen LogP contribution in [0.1, 0.15) is 104 Å². The van der Waals surface area contributed by atoms with Gasteiger partial charge >= 0.3 is 13.7 Å². The third-order valence-electron chi connectivity index (χ3n) is 23.1. The Morgan fingerprint density at radius 1 is 0.316 bits per heavy atom. The van der Waals surface area contributed by atoms with Crippen LogP contribution in [0.5, 0.6) is 0 Å². The Morgan fingerprint density at radius 3 is 1.42 bits per heavy atom. The van der Waals surface area contributed by atoms with Crippen molar-refractivity contribution in [3.8, 4) is 22.3 Å². The van der Waals surface area contributed by atoms with Crippen molar-refractivity contribution >= 4 is 156 Å². The van der Waals surface area contributed by atoms with Gasteiger partial charge in [-0.25, -0.2) is 0 Å². The molecule has 20 rings (SSSR count). The average Bonchev–Trinajstić information content (AvgIpc) is 1.35. The number of anilines is 6. The van der Waals surface area contributed by atoms with Gasteiger partial charge in [-0.15, -0.1) is 0 Å². The smallest absolute Gasteiger partial charge is 0.333 e. The third kappa shape index (κ3) is 8.21.